The van der Waals surface area contributed by atoms with E-state index in [-0.39, 0.29) is 29.5 Å². The first-order valence-corrected chi connectivity index (χ1v) is 9.59. The van der Waals surface area contributed by atoms with Crippen LogP contribution in [0.5, 0.6) is 11.5 Å². The number of nitrogens with zero attached hydrogens (tertiary/aromatic N) is 2. The molecule has 0 saturated carbocycles. The summed E-state index contributed by atoms with van der Waals surface area (Å²) in [7, 11) is 3.45. The van der Waals surface area contributed by atoms with Crippen molar-refractivity contribution in [2.24, 2.45) is 4.99 Å². The highest BCUT2D eigenvalue weighted by Gasteiger charge is 2.28. The van der Waals surface area contributed by atoms with Gasteiger partial charge in [-0.1, -0.05) is 0 Å². The third kappa shape index (κ3) is 8.40. The Bertz CT molecular complexity index is 575. The first-order chi connectivity index (χ1) is 13.0. The Morgan fingerprint density at radius 1 is 1.14 bits per heavy atom. The maximum absolute atomic E-state index is 5.74. The number of rotatable bonds is 9. The van der Waals surface area contributed by atoms with Gasteiger partial charge in [0.25, 0.3) is 0 Å². The van der Waals surface area contributed by atoms with Crippen molar-refractivity contribution in [3.63, 3.8) is 0 Å². The molecule has 0 bridgehead atoms. The van der Waals surface area contributed by atoms with Crippen molar-refractivity contribution in [3.8, 4) is 11.5 Å². The zero-order chi connectivity index (χ0) is 19.5. The second-order valence-corrected chi connectivity index (χ2v) is 7.14. The molecule has 2 N–H and O–H groups in total. The van der Waals surface area contributed by atoms with Crippen LogP contribution in [0.3, 0.4) is 0 Å². The largest absolute Gasteiger partial charge is 0.497 e. The van der Waals surface area contributed by atoms with Gasteiger partial charge in [-0.3, -0.25) is 9.89 Å². The highest BCUT2D eigenvalue weighted by molar-refractivity contribution is 14.0. The number of aliphatic imine (C=N–C) groups is 1. The first-order valence-electron chi connectivity index (χ1n) is 9.59. The SMILES string of the molecule is CN=C(NCCCOc1ccc(OC)cc1)NCC(C)(C)N1CCOCC1.I. The topological polar surface area (TPSA) is 67.4 Å². The number of hydrogen-bond acceptors (Lipinski definition) is 5. The van der Waals surface area contributed by atoms with Gasteiger partial charge in [-0.05, 0) is 44.5 Å². The first kappa shape index (κ1) is 24.8. The zero-order valence-corrected chi connectivity index (χ0v) is 19.8. The van der Waals surface area contributed by atoms with Gasteiger partial charge in [0.05, 0.1) is 26.9 Å². The van der Waals surface area contributed by atoms with Gasteiger partial charge in [-0.25, -0.2) is 0 Å². The maximum Gasteiger partial charge on any atom is 0.191 e. The molecule has 0 unspecified atom stereocenters. The van der Waals surface area contributed by atoms with Crippen molar-refractivity contribution in [2.45, 2.75) is 25.8 Å². The quantitative estimate of drug-likeness (QED) is 0.232. The van der Waals surface area contributed by atoms with Gasteiger partial charge in [-0.15, -0.1) is 24.0 Å². The Labute approximate surface area is 186 Å². The van der Waals surface area contributed by atoms with E-state index in [2.05, 4.69) is 34.4 Å². The highest BCUT2D eigenvalue weighted by atomic mass is 127. The highest BCUT2D eigenvalue weighted by Crippen LogP contribution is 2.17. The van der Waals surface area contributed by atoms with Crippen molar-refractivity contribution >= 4 is 29.9 Å². The summed E-state index contributed by atoms with van der Waals surface area (Å²) in [6, 6.07) is 7.63. The lowest BCUT2D eigenvalue weighted by atomic mass is 10.0. The lowest BCUT2D eigenvalue weighted by Gasteiger charge is -2.41. The van der Waals surface area contributed by atoms with E-state index < -0.39 is 0 Å². The van der Waals surface area contributed by atoms with Crippen molar-refractivity contribution in [1.29, 1.82) is 0 Å². The van der Waals surface area contributed by atoms with Crippen molar-refractivity contribution in [3.05, 3.63) is 24.3 Å². The average molecular weight is 506 g/mol. The number of halogens is 1. The van der Waals surface area contributed by atoms with Crippen LogP contribution in [0.15, 0.2) is 29.3 Å². The molecule has 160 valence electrons. The number of morpholine rings is 1. The normalized spacial score (nSPS) is 15.5. The summed E-state index contributed by atoms with van der Waals surface area (Å²) in [6.07, 6.45) is 0.888. The lowest BCUT2D eigenvalue weighted by molar-refractivity contribution is -0.00833. The van der Waals surface area contributed by atoms with E-state index in [1.54, 1.807) is 14.2 Å². The third-order valence-electron chi connectivity index (χ3n) is 4.72. The van der Waals surface area contributed by atoms with Crippen LogP contribution in [0.1, 0.15) is 20.3 Å². The van der Waals surface area contributed by atoms with Gasteiger partial charge in [0, 0.05) is 38.8 Å². The second-order valence-electron chi connectivity index (χ2n) is 7.14. The predicted octanol–water partition coefficient (Wildman–Crippen LogP) is 2.36. The van der Waals surface area contributed by atoms with Gasteiger partial charge >= 0.3 is 0 Å². The molecule has 1 aliphatic rings. The Morgan fingerprint density at radius 2 is 1.79 bits per heavy atom. The number of ether oxygens (including phenoxy) is 3. The van der Waals surface area contributed by atoms with Crippen molar-refractivity contribution in [1.82, 2.24) is 15.5 Å². The van der Waals surface area contributed by atoms with Crippen LogP contribution in [-0.2, 0) is 4.74 Å². The number of benzene rings is 1. The number of guanidine groups is 1. The van der Waals surface area contributed by atoms with Gasteiger partial charge in [-0.2, -0.15) is 0 Å². The zero-order valence-electron chi connectivity index (χ0n) is 17.5. The number of methoxy groups -OCH3 is 1. The predicted molar refractivity (Wildman–Crippen MR) is 124 cm³/mol. The van der Waals surface area contributed by atoms with Crippen LogP contribution in [0, 0.1) is 0 Å². The molecule has 1 heterocycles. The van der Waals surface area contributed by atoms with Gasteiger partial charge < -0.3 is 24.8 Å². The fourth-order valence-corrected chi connectivity index (χ4v) is 2.94. The Kier molecular flexibility index (Phi) is 11.6. The molecule has 1 aromatic rings. The average Bonchev–Trinajstić information content (AvgIpc) is 2.71. The summed E-state index contributed by atoms with van der Waals surface area (Å²) in [5.41, 5.74) is 0.0544. The lowest BCUT2D eigenvalue weighted by Crippen LogP contribution is -2.56. The van der Waals surface area contributed by atoms with E-state index in [0.29, 0.717) is 6.61 Å². The molecule has 0 spiro atoms. The molecule has 8 heteroatoms. The summed E-state index contributed by atoms with van der Waals surface area (Å²) in [4.78, 5) is 6.77. The summed E-state index contributed by atoms with van der Waals surface area (Å²) in [6.45, 7) is 10.4. The van der Waals surface area contributed by atoms with Gasteiger partial charge in [0.15, 0.2) is 5.96 Å². The molecule has 0 amide bonds. The molecular weight excluding hydrogens is 471 g/mol. The van der Waals surface area contributed by atoms with Crippen LogP contribution in [0.2, 0.25) is 0 Å². The molecule has 1 saturated heterocycles. The number of hydrogen-bond donors (Lipinski definition) is 2. The summed E-state index contributed by atoms with van der Waals surface area (Å²) in [5, 5.41) is 6.78. The van der Waals surface area contributed by atoms with E-state index in [1.807, 2.05) is 24.3 Å². The van der Waals surface area contributed by atoms with Crippen molar-refractivity contribution in [2.75, 3.05) is 60.2 Å². The third-order valence-corrected chi connectivity index (χ3v) is 4.72. The minimum absolute atomic E-state index is 0. The van der Waals surface area contributed by atoms with Gasteiger partial charge in [0.2, 0.25) is 0 Å². The molecule has 0 aromatic heterocycles. The molecule has 28 heavy (non-hydrogen) atoms. The molecule has 1 fully saturated rings. The monoisotopic (exact) mass is 506 g/mol. The number of nitrogens with one attached hydrogen (secondary N) is 2. The molecule has 1 aromatic carbocycles. The minimum atomic E-state index is 0. The van der Waals surface area contributed by atoms with Crippen LogP contribution in [0.25, 0.3) is 0 Å². The summed E-state index contributed by atoms with van der Waals surface area (Å²) < 4.78 is 16.3. The summed E-state index contributed by atoms with van der Waals surface area (Å²) in [5.74, 6) is 2.50. The van der Waals surface area contributed by atoms with E-state index in [1.165, 1.54) is 0 Å². The van der Waals surface area contributed by atoms with Gasteiger partial charge in [0.1, 0.15) is 11.5 Å². The molecule has 1 aliphatic heterocycles. The Hall–Kier alpha value is -1.26. The van der Waals surface area contributed by atoms with Crippen molar-refractivity contribution < 1.29 is 14.2 Å². The van der Waals surface area contributed by atoms with Crippen LogP contribution in [0.4, 0.5) is 0 Å². The fourth-order valence-electron chi connectivity index (χ4n) is 2.94. The minimum Gasteiger partial charge on any atom is -0.497 e. The van der Waals surface area contributed by atoms with E-state index in [9.17, 15) is 0 Å². The van der Waals surface area contributed by atoms with E-state index in [0.717, 1.165) is 63.3 Å². The summed E-state index contributed by atoms with van der Waals surface area (Å²) >= 11 is 0. The fraction of sp³-hybridized carbons (Fsp3) is 0.650. The van der Waals surface area contributed by atoms with Crippen LogP contribution in [-0.4, -0.2) is 76.6 Å². The molecule has 0 atom stereocenters. The standard InChI is InChI=1S/C20H34N4O3.HI/c1-20(2,24-11-14-26-15-12-24)16-23-19(21-3)22-10-5-13-27-18-8-6-17(25-4)7-9-18;/h6-9H,5,10-16H2,1-4H3,(H2,21,22,23);1H. The Balaban J connectivity index is 0.00000392. The van der Waals surface area contributed by atoms with Crippen LogP contribution >= 0.6 is 24.0 Å². The molecule has 0 aliphatic carbocycles. The van der Waals surface area contributed by atoms with E-state index in [4.69, 9.17) is 14.2 Å². The van der Waals surface area contributed by atoms with Crippen LogP contribution < -0.4 is 20.1 Å². The second kappa shape index (κ2) is 13.1. The Morgan fingerprint density at radius 3 is 2.39 bits per heavy atom. The molecule has 7 nitrogen and oxygen atoms in total. The molecule has 0 radical (unpaired) electrons. The molecular formula is C20H35IN4O3. The van der Waals surface area contributed by atoms with E-state index >= 15 is 0 Å². The maximum atomic E-state index is 5.74. The smallest absolute Gasteiger partial charge is 0.191 e. The molecule has 2 rings (SSSR count).